The van der Waals surface area contributed by atoms with Crippen LogP contribution >= 0.6 is 0 Å². The zero-order chi connectivity index (χ0) is 13.5. The molecule has 0 spiro atoms. The maximum absolute atomic E-state index is 5.67. The molecule has 1 aromatic rings. The van der Waals surface area contributed by atoms with Crippen molar-refractivity contribution in [2.75, 3.05) is 36.5 Å². The van der Waals surface area contributed by atoms with Crippen molar-refractivity contribution < 1.29 is 4.74 Å². The van der Waals surface area contributed by atoms with Gasteiger partial charge in [-0.15, -0.1) is 0 Å². The number of aromatic nitrogens is 2. The Hall–Kier alpha value is -1.36. The van der Waals surface area contributed by atoms with Gasteiger partial charge in [0, 0.05) is 26.2 Å². The Morgan fingerprint density at radius 2 is 2.11 bits per heavy atom. The zero-order valence-electron chi connectivity index (χ0n) is 11.9. The number of piperidine rings is 1. The maximum atomic E-state index is 5.67. The summed E-state index contributed by atoms with van der Waals surface area (Å²) in [5.41, 5.74) is 0. The first-order valence-corrected chi connectivity index (χ1v) is 7.26. The summed E-state index contributed by atoms with van der Waals surface area (Å²) in [6.07, 6.45) is 7.27. The summed E-state index contributed by atoms with van der Waals surface area (Å²) in [6, 6.07) is 0. The van der Waals surface area contributed by atoms with Gasteiger partial charge in [-0.3, -0.25) is 4.98 Å². The lowest BCUT2D eigenvalue weighted by Crippen LogP contribution is -2.37. The van der Waals surface area contributed by atoms with Gasteiger partial charge in [0.2, 0.25) is 0 Å². The van der Waals surface area contributed by atoms with Crippen molar-refractivity contribution in [2.45, 2.75) is 39.2 Å². The Morgan fingerprint density at radius 1 is 1.32 bits per heavy atom. The van der Waals surface area contributed by atoms with Gasteiger partial charge in [0.15, 0.2) is 0 Å². The molecule has 0 bridgehead atoms. The highest BCUT2D eigenvalue weighted by atomic mass is 16.5. The SMILES string of the molecule is CCCNc1cncc(N2CCC(OCC)CC2)n1. The van der Waals surface area contributed by atoms with Gasteiger partial charge >= 0.3 is 0 Å². The topological polar surface area (TPSA) is 50.3 Å². The smallest absolute Gasteiger partial charge is 0.149 e. The molecule has 5 nitrogen and oxygen atoms in total. The summed E-state index contributed by atoms with van der Waals surface area (Å²) in [4.78, 5) is 11.2. The quantitative estimate of drug-likeness (QED) is 0.854. The van der Waals surface area contributed by atoms with E-state index in [0.717, 1.165) is 57.1 Å². The maximum Gasteiger partial charge on any atom is 0.149 e. The second-order valence-corrected chi connectivity index (χ2v) is 4.83. The highest BCUT2D eigenvalue weighted by molar-refractivity contribution is 5.44. The van der Waals surface area contributed by atoms with Gasteiger partial charge in [-0.05, 0) is 26.2 Å². The van der Waals surface area contributed by atoms with Crippen molar-refractivity contribution in [2.24, 2.45) is 0 Å². The van der Waals surface area contributed by atoms with Gasteiger partial charge in [-0.2, -0.15) is 0 Å². The van der Waals surface area contributed by atoms with Crippen LogP contribution in [-0.4, -0.2) is 42.3 Å². The molecule has 1 saturated heterocycles. The zero-order valence-corrected chi connectivity index (χ0v) is 11.9. The molecule has 5 heteroatoms. The Kier molecular flexibility index (Phi) is 5.39. The van der Waals surface area contributed by atoms with Crippen LogP contribution in [-0.2, 0) is 4.74 Å². The lowest BCUT2D eigenvalue weighted by atomic mass is 10.1. The van der Waals surface area contributed by atoms with Crippen LogP contribution in [0.15, 0.2) is 12.4 Å². The molecule has 106 valence electrons. The van der Waals surface area contributed by atoms with Crippen molar-refractivity contribution in [1.29, 1.82) is 0 Å². The molecule has 0 saturated carbocycles. The minimum atomic E-state index is 0.413. The van der Waals surface area contributed by atoms with Crippen molar-refractivity contribution in [3.05, 3.63) is 12.4 Å². The summed E-state index contributed by atoms with van der Waals surface area (Å²) in [5.74, 6) is 1.84. The highest BCUT2D eigenvalue weighted by Gasteiger charge is 2.20. The first-order valence-electron chi connectivity index (χ1n) is 7.26. The lowest BCUT2D eigenvalue weighted by molar-refractivity contribution is 0.0458. The number of nitrogens with zero attached hydrogens (tertiary/aromatic N) is 3. The number of nitrogens with one attached hydrogen (secondary N) is 1. The number of anilines is 2. The molecule has 1 N–H and O–H groups in total. The van der Waals surface area contributed by atoms with Crippen LogP contribution in [0.5, 0.6) is 0 Å². The highest BCUT2D eigenvalue weighted by Crippen LogP contribution is 2.20. The van der Waals surface area contributed by atoms with Gasteiger partial charge in [-0.25, -0.2) is 4.98 Å². The molecule has 1 aliphatic rings. The van der Waals surface area contributed by atoms with Gasteiger partial charge in [0.1, 0.15) is 11.6 Å². The van der Waals surface area contributed by atoms with E-state index < -0.39 is 0 Å². The molecule has 0 aliphatic carbocycles. The minimum absolute atomic E-state index is 0.413. The Labute approximate surface area is 115 Å². The van der Waals surface area contributed by atoms with Gasteiger partial charge in [-0.1, -0.05) is 6.92 Å². The average Bonchev–Trinajstić information content (AvgIpc) is 2.46. The molecule has 2 heterocycles. The molecule has 0 unspecified atom stereocenters. The van der Waals surface area contributed by atoms with E-state index in [-0.39, 0.29) is 0 Å². The van der Waals surface area contributed by atoms with Crippen molar-refractivity contribution in [3.8, 4) is 0 Å². The molecular weight excluding hydrogens is 240 g/mol. The lowest BCUT2D eigenvalue weighted by Gasteiger charge is -2.32. The Morgan fingerprint density at radius 3 is 2.79 bits per heavy atom. The average molecular weight is 264 g/mol. The van der Waals surface area contributed by atoms with E-state index in [1.807, 2.05) is 6.20 Å². The fourth-order valence-corrected chi connectivity index (χ4v) is 2.33. The molecule has 0 atom stereocenters. The van der Waals surface area contributed by atoms with Gasteiger partial charge in [0.05, 0.1) is 18.5 Å². The number of ether oxygens (including phenoxy) is 1. The van der Waals surface area contributed by atoms with Crippen LogP contribution in [0.3, 0.4) is 0 Å². The first-order chi connectivity index (χ1) is 9.33. The summed E-state index contributed by atoms with van der Waals surface area (Å²) < 4.78 is 5.67. The third kappa shape index (κ3) is 4.06. The van der Waals surface area contributed by atoms with Crippen LogP contribution in [0.4, 0.5) is 11.6 Å². The largest absolute Gasteiger partial charge is 0.378 e. The molecule has 1 aliphatic heterocycles. The van der Waals surface area contributed by atoms with E-state index >= 15 is 0 Å². The summed E-state index contributed by atoms with van der Waals surface area (Å²) >= 11 is 0. The number of hydrogen-bond acceptors (Lipinski definition) is 5. The normalized spacial score (nSPS) is 16.6. The van der Waals surface area contributed by atoms with Crippen LogP contribution < -0.4 is 10.2 Å². The van der Waals surface area contributed by atoms with E-state index in [1.165, 1.54) is 0 Å². The molecule has 1 fully saturated rings. The second kappa shape index (κ2) is 7.28. The third-order valence-corrected chi connectivity index (χ3v) is 3.35. The van der Waals surface area contributed by atoms with E-state index in [0.29, 0.717) is 6.10 Å². The molecule has 0 aromatic carbocycles. The van der Waals surface area contributed by atoms with Crippen molar-refractivity contribution >= 4 is 11.6 Å². The first kappa shape index (κ1) is 14.1. The van der Waals surface area contributed by atoms with E-state index in [1.54, 1.807) is 6.20 Å². The van der Waals surface area contributed by atoms with Crippen LogP contribution in [0.25, 0.3) is 0 Å². The van der Waals surface area contributed by atoms with E-state index in [4.69, 9.17) is 4.74 Å². The number of rotatable bonds is 6. The standard InChI is InChI=1S/C14H24N4O/c1-3-7-16-13-10-15-11-14(17-13)18-8-5-12(6-9-18)19-4-2/h10-12H,3-9H2,1-2H3,(H,16,17). The fraction of sp³-hybridized carbons (Fsp3) is 0.714. The van der Waals surface area contributed by atoms with Gasteiger partial charge < -0.3 is 15.0 Å². The monoisotopic (exact) mass is 264 g/mol. The molecule has 19 heavy (non-hydrogen) atoms. The number of hydrogen-bond donors (Lipinski definition) is 1. The molecular formula is C14H24N4O. The van der Waals surface area contributed by atoms with Crippen molar-refractivity contribution in [1.82, 2.24) is 9.97 Å². The molecule has 2 rings (SSSR count). The Bertz CT molecular complexity index is 377. The molecule has 1 aromatic heterocycles. The summed E-state index contributed by atoms with van der Waals surface area (Å²) in [6.45, 7) is 7.93. The minimum Gasteiger partial charge on any atom is -0.378 e. The van der Waals surface area contributed by atoms with Crippen LogP contribution in [0.2, 0.25) is 0 Å². The van der Waals surface area contributed by atoms with Crippen LogP contribution in [0.1, 0.15) is 33.1 Å². The van der Waals surface area contributed by atoms with Gasteiger partial charge in [0.25, 0.3) is 0 Å². The van der Waals surface area contributed by atoms with Crippen molar-refractivity contribution in [3.63, 3.8) is 0 Å². The van der Waals surface area contributed by atoms with E-state index in [9.17, 15) is 0 Å². The predicted molar refractivity (Wildman–Crippen MR) is 77.7 cm³/mol. The summed E-state index contributed by atoms with van der Waals surface area (Å²) in [5, 5.41) is 3.28. The Balaban J connectivity index is 1.91. The molecule has 0 amide bonds. The predicted octanol–water partition coefficient (Wildman–Crippen LogP) is 2.30. The third-order valence-electron chi connectivity index (χ3n) is 3.35. The molecule has 0 radical (unpaired) electrons. The second-order valence-electron chi connectivity index (χ2n) is 4.83. The summed E-state index contributed by atoms with van der Waals surface area (Å²) in [7, 11) is 0. The van der Waals surface area contributed by atoms with E-state index in [2.05, 4.69) is 34.0 Å². The van der Waals surface area contributed by atoms with Crippen LogP contribution in [0, 0.1) is 0 Å². The fourth-order valence-electron chi connectivity index (χ4n) is 2.33.